The highest BCUT2D eigenvalue weighted by Crippen LogP contribution is 2.28. The summed E-state index contributed by atoms with van der Waals surface area (Å²) in [4.78, 5) is 4.11. The molecule has 0 aliphatic heterocycles. The van der Waals surface area contributed by atoms with Gasteiger partial charge in [0.1, 0.15) is 5.82 Å². The normalized spacial score (nSPS) is 17.5. The van der Waals surface area contributed by atoms with E-state index in [0.29, 0.717) is 5.82 Å². The van der Waals surface area contributed by atoms with E-state index >= 15 is 0 Å². The molecule has 0 amide bonds. The molecule has 108 valence electrons. The van der Waals surface area contributed by atoms with Crippen molar-refractivity contribution in [3.05, 3.63) is 12.0 Å². The van der Waals surface area contributed by atoms with Crippen LogP contribution in [0.5, 0.6) is 0 Å². The largest absolute Gasteiger partial charge is 0.395 e. The Hall–Kier alpha value is -0.920. The van der Waals surface area contributed by atoms with E-state index in [-0.39, 0.29) is 24.2 Å². The molecule has 1 aliphatic carbocycles. The van der Waals surface area contributed by atoms with Crippen molar-refractivity contribution in [1.82, 2.24) is 13.9 Å². The van der Waals surface area contributed by atoms with E-state index in [4.69, 9.17) is 5.11 Å². The van der Waals surface area contributed by atoms with E-state index in [0.717, 1.165) is 25.7 Å². The van der Waals surface area contributed by atoms with Gasteiger partial charge < -0.3 is 9.67 Å². The first kappa shape index (κ1) is 14.5. The Labute approximate surface area is 114 Å². The topological polar surface area (TPSA) is 75.4 Å². The molecule has 1 N–H and O–H groups in total. The lowest BCUT2D eigenvalue weighted by molar-refractivity contribution is 0.226. The molecule has 1 aromatic heterocycles. The SMILES string of the molecule is Cc1nc(S(=O)(=O)N(CCO)C2CCCC2)cn1C. The predicted molar refractivity (Wildman–Crippen MR) is 71.2 cm³/mol. The summed E-state index contributed by atoms with van der Waals surface area (Å²) >= 11 is 0. The van der Waals surface area contributed by atoms with Gasteiger partial charge in [-0.2, -0.15) is 4.31 Å². The van der Waals surface area contributed by atoms with Crippen LogP contribution in [0, 0.1) is 6.92 Å². The molecule has 7 heteroatoms. The van der Waals surface area contributed by atoms with E-state index in [2.05, 4.69) is 4.98 Å². The quantitative estimate of drug-likeness (QED) is 0.863. The maximum Gasteiger partial charge on any atom is 0.262 e. The second-order valence-corrected chi connectivity index (χ2v) is 6.85. The molecule has 6 nitrogen and oxygen atoms in total. The lowest BCUT2D eigenvalue weighted by Gasteiger charge is -2.26. The number of aliphatic hydroxyl groups excluding tert-OH is 1. The molecule has 19 heavy (non-hydrogen) atoms. The van der Waals surface area contributed by atoms with Crippen molar-refractivity contribution < 1.29 is 13.5 Å². The smallest absolute Gasteiger partial charge is 0.262 e. The van der Waals surface area contributed by atoms with E-state index in [1.165, 1.54) is 10.5 Å². The molecule has 1 aromatic rings. The highest BCUT2D eigenvalue weighted by Gasteiger charge is 2.34. The molecule has 0 bridgehead atoms. The fourth-order valence-corrected chi connectivity index (χ4v) is 4.26. The lowest BCUT2D eigenvalue weighted by atomic mass is 10.2. The van der Waals surface area contributed by atoms with Gasteiger partial charge in [0.2, 0.25) is 0 Å². The van der Waals surface area contributed by atoms with Crippen LogP contribution >= 0.6 is 0 Å². The number of hydrogen-bond acceptors (Lipinski definition) is 4. The van der Waals surface area contributed by atoms with E-state index in [1.807, 2.05) is 0 Å². The van der Waals surface area contributed by atoms with Crippen molar-refractivity contribution in [3.63, 3.8) is 0 Å². The average Bonchev–Trinajstić information content (AvgIpc) is 2.97. The van der Waals surface area contributed by atoms with Crippen LogP contribution in [-0.4, -0.2) is 46.6 Å². The van der Waals surface area contributed by atoms with Crippen molar-refractivity contribution >= 4 is 10.0 Å². The Kier molecular flexibility index (Phi) is 4.27. The monoisotopic (exact) mass is 287 g/mol. The number of aliphatic hydroxyl groups is 1. The molecule has 2 rings (SSSR count). The van der Waals surface area contributed by atoms with Gasteiger partial charge >= 0.3 is 0 Å². The minimum atomic E-state index is -3.61. The minimum Gasteiger partial charge on any atom is -0.395 e. The van der Waals surface area contributed by atoms with Crippen LogP contribution in [-0.2, 0) is 17.1 Å². The first-order valence-corrected chi connectivity index (χ1v) is 8.03. The summed E-state index contributed by atoms with van der Waals surface area (Å²) in [6.45, 7) is 1.75. The van der Waals surface area contributed by atoms with Crippen LogP contribution in [0.2, 0.25) is 0 Å². The third-order valence-corrected chi connectivity index (χ3v) is 5.54. The zero-order valence-electron chi connectivity index (χ0n) is 11.4. The standard InChI is InChI=1S/C12H21N3O3S/c1-10-13-12(9-14(10)2)19(17,18)15(7-8-16)11-5-3-4-6-11/h9,11,16H,3-8H2,1-2H3. The second kappa shape index (κ2) is 5.60. The van der Waals surface area contributed by atoms with Crippen molar-refractivity contribution in [1.29, 1.82) is 0 Å². The van der Waals surface area contributed by atoms with Gasteiger partial charge in [0.25, 0.3) is 10.0 Å². The maximum absolute atomic E-state index is 12.6. The Balaban J connectivity index is 2.33. The van der Waals surface area contributed by atoms with Gasteiger partial charge in [0, 0.05) is 25.8 Å². The van der Waals surface area contributed by atoms with Crippen LogP contribution in [0.3, 0.4) is 0 Å². The number of sulfonamides is 1. The second-order valence-electron chi connectivity index (χ2n) is 5.01. The van der Waals surface area contributed by atoms with Crippen LogP contribution in [0.1, 0.15) is 31.5 Å². The molecule has 0 spiro atoms. The van der Waals surface area contributed by atoms with E-state index < -0.39 is 10.0 Å². The number of hydrogen-bond donors (Lipinski definition) is 1. The number of rotatable bonds is 5. The lowest BCUT2D eigenvalue weighted by Crippen LogP contribution is -2.40. The Morgan fingerprint density at radius 2 is 2.11 bits per heavy atom. The van der Waals surface area contributed by atoms with Crippen LogP contribution in [0.4, 0.5) is 0 Å². The summed E-state index contributed by atoms with van der Waals surface area (Å²) in [6.07, 6.45) is 5.35. The van der Waals surface area contributed by atoms with Crippen molar-refractivity contribution in [2.45, 2.75) is 43.7 Å². The summed E-state index contributed by atoms with van der Waals surface area (Å²) in [7, 11) is -1.84. The van der Waals surface area contributed by atoms with Crippen LogP contribution < -0.4 is 0 Å². The van der Waals surface area contributed by atoms with Gasteiger partial charge in [-0.3, -0.25) is 0 Å². The molecule has 1 fully saturated rings. The van der Waals surface area contributed by atoms with Gasteiger partial charge in [-0.05, 0) is 19.8 Å². The maximum atomic E-state index is 12.6. The van der Waals surface area contributed by atoms with E-state index in [1.54, 1.807) is 18.5 Å². The van der Waals surface area contributed by atoms with E-state index in [9.17, 15) is 8.42 Å². The number of nitrogens with zero attached hydrogens (tertiary/aromatic N) is 3. The number of aryl methyl sites for hydroxylation is 2. The molecule has 1 heterocycles. The summed E-state index contributed by atoms with van der Waals surface area (Å²) in [6, 6.07) is -0.000498. The first-order valence-electron chi connectivity index (χ1n) is 6.59. The highest BCUT2D eigenvalue weighted by molar-refractivity contribution is 7.89. The van der Waals surface area contributed by atoms with Gasteiger partial charge in [0.05, 0.1) is 6.61 Å². The molecule has 0 unspecified atom stereocenters. The number of imidazole rings is 1. The van der Waals surface area contributed by atoms with Gasteiger partial charge in [-0.1, -0.05) is 12.8 Å². The molecular formula is C12H21N3O3S. The fraction of sp³-hybridized carbons (Fsp3) is 0.750. The minimum absolute atomic E-state index is 0.000498. The average molecular weight is 287 g/mol. The molecule has 1 saturated carbocycles. The van der Waals surface area contributed by atoms with Crippen molar-refractivity contribution in [3.8, 4) is 0 Å². The predicted octanol–water partition coefficient (Wildman–Crippen LogP) is 0.654. The molecular weight excluding hydrogens is 266 g/mol. The summed E-state index contributed by atoms with van der Waals surface area (Å²) in [5, 5.41) is 9.21. The van der Waals surface area contributed by atoms with Gasteiger partial charge in [-0.25, -0.2) is 13.4 Å². The Morgan fingerprint density at radius 1 is 1.47 bits per heavy atom. The molecule has 0 aromatic carbocycles. The summed E-state index contributed by atoms with van der Waals surface area (Å²) in [5.74, 6) is 0.661. The molecule has 1 aliphatic rings. The molecule has 0 atom stereocenters. The van der Waals surface area contributed by atoms with Gasteiger partial charge in [-0.15, -0.1) is 0 Å². The van der Waals surface area contributed by atoms with Crippen LogP contribution in [0.25, 0.3) is 0 Å². The zero-order chi connectivity index (χ0) is 14.0. The summed E-state index contributed by atoms with van der Waals surface area (Å²) in [5.41, 5.74) is 0. The summed E-state index contributed by atoms with van der Waals surface area (Å²) < 4.78 is 28.3. The molecule has 0 saturated heterocycles. The first-order chi connectivity index (χ1) is 8.96. The number of aromatic nitrogens is 2. The zero-order valence-corrected chi connectivity index (χ0v) is 12.2. The van der Waals surface area contributed by atoms with Gasteiger partial charge in [0.15, 0.2) is 5.03 Å². The fourth-order valence-electron chi connectivity index (χ4n) is 2.56. The van der Waals surface area contributed by atoms with Crippen LogP contribution in [0.15, 0.2) is 11.2 Å². The third-order valence-electron chi connectivity index (χ3n) is 3.71. The Morgan fingerprint density at radius 3 is 2.58 bits per heavy atom. The third kappa shape index (κ3) is 2.82. The van der Waals surface area contributed by atoms with Crippen molar-refractivity contribution in [2.24, 2.45) is 7.05 Å². The Bertz CT molecular complexity index is 513. The van der Waals surface area contributed by atoms with Crippen molar-refractivity contribution in [2.75, 3.05) is 13.2 Å². The molecule has 0 radical (unpaired) electrons. The highest BCUT2D eigenvalue weighted by atomic mass is 32.2.